The maximum atomic E-state index is 6.14. The lowest BCUT2D eigenvalue weighted by Crippen LogP contribution is -2.65. The zero-order chi connectivity index (χ0) is 61.4. The molecule has 12 aromatic rings. The van der Waals surface area contributed by atoms with Crippen molar-refractivity contribution in [3.05, 3.63) is 253 Å². The molecule has 9 heteroatoms. The van der Waals surface area contributed by atoms with Crippen molar-refractivity contribution in [3.8, 4) is 22.5 Å². The second-order valence-electron chi connectivity index (χ2n) is 29.0. The number of aromatic nitrogens is 2. The van der Waals surface area contributed by atoms with Crippen molar-refractivity contribution in [2.75, 3.05) is 19.6 Å². The van der Waals surface area contributed by atoms with Crippen LogP contribution >= 0.6 is 11.3 Å². The number of rotatable bonds is 6. The Morgan fingerprint density at radius 1 is 0.330 bits per heavy atom. The first-order valence-corrected chi connectivity index (χ1v) is 33.5. The molecule has 0 unspecified atom stereocenters. The molecule has 0 atom stereocenters. The van der Waals surface area contributed by atoms with Crippen molar-refractivity contribution in [3.63, 3.8) is 0 Å². The number of anilines is 12. The molecule has 6 aliphatic rings. The molecule has 0 amide bonds. The first-order chi connectivity index (χ1) is 44.1. The van der Waals surface area contributed by atoms with Gasteiger partial charge in [0, 0.05) is 67.0 Å². The predicted molar refractivity (Wildman–Crippen MR) is 387 cm³/mol. The molecular formula is C82H70B2N6S. The smallest absolute Gasteiger partial charge is 0.256 e. The summed E-state index contributed by atoms with van der Waals surface area (Å²) in [6, 6.07) is 87.0. The Balaban J connectivity index is 0.957. The molecule has 0 saturated heterocycles. The van der Waals surface area contributed by atoms with Crippen molar-refractivity contribution in [1.29, 1.82) is 0 Å². The van der Waals surface area contributed by atoms with E-state index in [1.54, 1.807) is 0 Å². The Morgan fingerprint density at radius 3 is 1.27 bits per heavy atom. The molecule has 6 nitrogen and oxygen atoms in total. The molecule has 91 heavy (non-hydrogen) atoms. The second-order valence-corrected chi connectivity index (χ2v) is 30.0. The summed E-state index contributed by atoms with van der Waals surface area (Å²) in [5.41, 5.74) is 27.6. The molecule has 0 bridgehead atoms. The van der Waals surface area contributed by atoms with Gasteiger partial charge in [-0.25, -0.2) is 9.97 Å². The Labute approximate surface area is 539 Å². The number of para-hydroxylation sites is 5. The number of fused-ring (bicyclic) bond motifs is 12. The number of hydrogen-bond acceptors (Lipinski definition) is 7. The van der Waals surface area contributed by atoms with Crippen LogP contribution in [0.1, 0.15) is 103 Å². The molecule has 0 radical (unpaired) electrons. The van der Waals surface area contributed by atoms with E-state index >= 15 is 0 Å². The molecule has 18 rings (SSSR count). The van der Waals surface area contributed by atoms with Crippen LogP contribution in [0.25, 0.3) is 32.6 Å². The molecular weight excluding hydrogens is 1120 g/mol. The van der Waals surface area contributed by atoms with Crippen molar-refractivity contribution >= 4 is 135 Å². The van der Waals surface area contributed by atoms with Crippen molar-refractivity contribution in [1.82, 2.24) is 9.97 Å². The van der Waals surface area contributed by atoms with Crippen LogP contribution in [0.4, 0.5) is 67.8 Å². The number of pyridine rings is 2. The summed E-state index contributed by atoms with van der Waals surface area (Å²) in [5, 5.41) is 2.51. The number of nitrogens with zero attached hydrogens (tertiary/aromatic N) is 6. The molecule has 0 saturated carbocycles. The molecule has 2 aliphatic carbocycles. The normalized spacial score (nSPS) is 17.1. The quantitative estimate of drug-likeness (QED) is 0.155. The van der Waals surface area contributed by atoms with E-state index < -0.39 is 0 Å². The Morgan fingerprint density at radius 2 is 0.747 bits per heavy atom. The lowest BCUT2D eigenvalue weighted by Gasteiger charge is -2.46. The van der Waals surface area contributed by atoms with Crippen molar-refractivity contribution in [2.45, 2.75) is 103 Å². The zero-order valence-electron chi connectivity index (χ0n) is 53.0. The molecule has 3 aromatic heterocycles. The highest BCUT2D eigenvalue weighted by molar-refractivity contribution is 7.26. The SMILES string of the molecule is CC1(C)CCC(C)(C)c2cc(-c3cc4c5c(n3)N(c3ccccc3)c3cc6c(cc3B5c3ccccc3N4c3ccccc3)B3c4c(cc(-c5ccc7c(c5)C(C)(C)CCC7(C)C)nc4N6c4ccccc4)N(c4ccccc4)c4sc5ccccc5c43)ccc21. The van der Waals surface area contributed by atoms with E-state index in [-0.39, 0.29) is 35.1 Å². The van der Waals surface area contributed by atoms with Crippen molar-refractivity contribution in [2.24, 2.45) is 0 Å². The van der Waals surface area contributed by atoms with Crippen LogP contribution in [0.5, 0.6) is 0 Å². The van der Waals surface area contributed by atoms with Crippen LogP contribution in [-0.4, -0.2) is 23.4 Å². The van der Waals surface area contributed by atoms with Gasteiger partial charge in [0.2, 0.25) is 0 Å². The third-order valence-corrected chi connectivity index (χ3v) is 22.9. The fourth-order valence-corrected chi connectivity index (χ4v) is 18.1. The highest BCUT2D eigenvalue weighted by Gasteiger charge is 2.51. The van der Waals surface area contributed by atoms with Crippen LogP contribution in [0.3, 0.4) is 0 Å². The third kappa shape index (κ3) is 8.05. The molecule has 440 valence electrons. The van der Waals surface area contributed by atoms with Crippen LogP contribution in [0.2, 0.25) is 0 Å². The predicted octanol–water partition coefficient (Wildman–Crippen LogP) is 17.9. The van der Waals surface area contributed by atoms with Gasteiger partial charge in [0.05, 0.1) is 16.4 Å². The fourth-order valence-electron chi connectivity index (χ4n) is 16.8. The lowest BCUT2D eigenvalue weighted by atomic mass is 9.30. The van der Waals surface area contributed by atoms with Gasteiger partial charge in [-0.1, -0.05) is 195 Å². The lowest BCUT2D eigenvalue weighted by molar-refractivity contribution is 0.332. The van der Waals surface area contributed by atoms with Gasteiger partial charge >= 0.3 is 0 Å². The van der Waals surface area contributed by atoms with Crippen molar-refractivity contribution < 1.29 is 0 Å². The summed E-state index contributed by atoms with van der Waals surface area (Å²) < 4.78 is 1.27. The van der Waals surface area contributed by atoms with Gasteiger partial charge in [-0.05, 0) is 199 Å². The van der Waals surface area contributed by atoms with E-state index in [1.165, 1.54) is 75.8 Å². The summed E-state index contributed by atoms with van der Waals surface area (Å²) in [6.45, 7) is 19.0. The van der Waals surface area contributed by atoms with Crippen LogP contribution in [0.15, 0.2) is 231 Å². The maximum absolute atomic E-state index is 6.14. The monoisotopic (exact) mass is 1190 g/mol. The summed E-state index contributed by atoms with van der Waals surface area (Å²) in [5.74, 6) is 1.88. The zero-order valence-corrected chi connectivity index (χ0v) is 53.8. The first-order valence-electron chi connectivity index (χ1n) is 32.7. The Hall–Kier alpha value is -9.43. The standard InChI is InChI=1S/C82H70B2N6S/c1-79(2)41-43-81(5,6)60-45-51(37-39-58(60)79)65-48-70-74-76(85-65)88(54-27-15-10-16-28-54)68-50-69-64(47-63(68)83(74)62-34-22-23-35-67(62)87(70)53-25-13-9-14-26-53)84-73-57-33-21-24-36-72(57)91-78(73)90(56-31-19-12-20-32-56)71-49-66(86-77(75(71)84)89(69)55-29-17-11-18-30-55)52-38-40-59-61(46-52)82(7,8)44-42-80(59,3)4/h9-40,45-50H,41-44H2,1-8H3. The second kappa shape index (κ2) is 19.5. The van der Waals surface area contributed by atoms with E-state index in [0.717, 1.165) is 105 Å². The average molecular weight is 1190 g/mol. The first kappa shape index (κ1) is 54.5. The highest BCUT2D eigenvalue weighted by Crippen LogP contribution is 2.54. The number of benzene rings is 9. The van der Waals surface area contributed by atoms with Gasteiger partial charge in [0.15, 0.2) is 0 Å². The molecule has 0 fully saturated rings. The summed E-state index contributed by atoms with van der Waals surface area (Å²) >= 11 is 1.91. The molecule has 7 heterocycles. The topological polar surface area (TPSA) is 38.7 Å². The van der Waals surface area contributed by atoms with Crippen LogP contribution in [-0.2, 0) is 21.7 Å². The largest absolute Gasteiger partial charge is 0.311 e. The molecule has 9 aromatic carbocycles. The Kier molecular flexibility index (Phi) is 11.7. The van der Waals surface area contributed by atoms with Gasteiger partial charge in [0.25, 0.3) is 13.4 Å². The molecule has 0 N–H and O–H groups in total. The minimum absolute atomic E-state index is 0.0115. The van der Waals surface area contributed by atoms with E-state index in [1.807, 2.05) is 11.3 Å². The van der Waals surface area contributed by atoms with Crippen LogP contribution in [0, 0.1) is 0 Å². The fraction of sp³-hybridized carbons (Fsp3) is 0.195. The van der Waals surface area contributed by atoms with E-state index in [9.17, 15) is 0 Å². The van der Waals surface area contributed by atoms with Gasteiger partial charge < -0.3 is 9.80 Å². The highest BCUT2D eigenvalue weighted by atomic mass is 32.1. The summed E-state index contributed by atoms with van der Waals surface area (Å²) in [6.07, 6.45) is 4.58. The third-order valence-electron chi connectivity index (χ3n) is 21.7. The summed E-state index contributed by atoms with van der Waals surface area (Å²) in [4.78, 5) is 22.4. The minimum Gasteiger partial charge on any atom is -0.311 e. The summed E-state index contributed by atoms with van der Waals surface area (Å²) in [7, 11) is 0. The van der Waals surface area contributed by atoms with Gasteiger partial charge in [-0.15, -0.1) is 11.3 Å². The van der Waals surface area contributed by atoms with E-state index in [0.29, 0.717) is 0 Å². The van der Waals surface area contributed by atoms with Crippen LogP contribution < -0.4 is 52.4 Å². The van der Waals surface area contributed by atoms with Gasteiger partial charge in [0.1, 0.15) is 11.6 Å². The average Bonchev–Trinajstić information content (AvgIpc) is 1.58. The number of hydrogen-bond donors (Lipinski definition) is 0. The Bertz CT molecular complexity index is 5000. The van der Waals surface area contributed by atoms with E-state index in [2.05, 4.69) is 306 Å². The maximum Gasteiger partial charge on any atom is 0.256 e. The molecule has 4 aliphatic heterocycles. The van der Waals surface area contributed by atoms with E-state index in [4.69, 9.17) is 9.97 Å². The minimum atomic E-state index is -0.189. The number of thiophene rings is 1. The van der Waals surface area contributed by atoms with Gasteiger partial charge in [-0.2, -0.15) is 0 Å². The van der Waals surface area contributed by atoms with Gasteiger partial charge in [-0.3, -0.25) is 9.80 Å². The molecule has 0 spiro atoms.